The van der Waals surface area contributed by atoms with Gasteiger partial charge >= 0.3 is 0 Å². The van der Waals surface area contributed by atoms with Gasteiger partial charge in [0, 0.05) is 18.0 Å². The Morgan fingerprint density at radius 1 is 1.59 bits per heavy atom. The Kier molecular flexibility index (Phi) is 3.59. The molecule has 92 valence electrons. The van der Waals surface area contributed by atoms with Crippen molar-refractivity contribution in [3.8, 4) is 0 Å². The topological polar surface area (TPSA) is 49.4 Å². The van der Waals surface area contributed by atoms with E-state index < -0.39 is 0 Å². The van der Waals surface area contributed by atoms with Crippen LogP contribution in [0.3, 0.4) is 0 Å². The van der Waals surface area contributed by atoms with Gasteiger partial charge in [-0.2, -0.15) is 0 Å². The molecule has 0 saturated carbocycles. The number of rotatable bonds is 4. The lowest BCUT2D eigenvalue weighted by atomic mass is 10.1. The third-order valence-corrected chi connectivity index (χ3v) is 3.85. The maximum absolute atomic E-state index is 11.7. The minimum Gasteiger partial charge on any atom is -0.303 e. The fraction of sp³-hybridized carbons (Fsp3) is 0.500. The zero-order valence-electron chi connectivity index (χ0n) is 9.97. The minimum absolute atomic E-state index is 0.101. The van der Waals surface area contributed by atoms with Gasteiger partial charge in [-0.05, 0) is 24.8 Å². The van der Waals surface area contributed by atoms with Crippen LogP contribution in [0.2, 0.25) is 0 Å². The van der Waals surface area contributed by atoms with E-state index in [4.69, 9.17) is 0 Å². The summed E-state index contributed by atoms with van der Waals surface area (Å²) in [6.45, 7) is 2.04. The first-order chi connectivity index (χ1) is 8.08. The van der Waals surface area contributed by atoms with Crippen molar-refractivity contribution in [2.45, 2.75) is 31.8 Å². The first-order valence-corrected chi connectivity index (χ1v) is 6.54. The lowest BCUT2D eigenvalue weighted by Gasteiger charge is -2.17. The number of carbonyl (C=O) groups excluding carboxylic acids is 2. The number of thiophene rings is 1. The highest BCUT2D eigenvalue weighted by Crippen LogP contribution is 2.14. The zero-order chi connectivity index (χ0) is 12.4. The van der Waals surface area contributed by atoms with Gasteiger partial charge in [0.05, 0.1) is 12.5 Å². The number of carbonyl (C=O) groups is 2. The molecule has 1 aromatic heterocycles. The maximum Gasteiger partial charge on any atom is 0.246 e. The first-order valence-electron chi connectivity index (χ1n) is 5.66. The summed E-state index contributed by atoms with van der Waals surface area (Å²) in [5, 5.41) is 5.26. The summed E-state index contributed by atoms with van der Waals surface area (Å²) >= 11 is 1.71. The number of imide groups is 1. The van der Waals surface area contributed by atoms with E-state index in [2.05, 4.69) is 11.4 Å². The molecule has 1 N–H and O–H groups in total. The Labute approximate surface area is 105 Å². The molecule has 2 unspecified atom stereocenters. The molecular weight excluding hydrogens is 236 g/mol. The van der Waals surface area contributed by atoms with Crippen LogP contribution >= 0.6 is 11.3 Å². The van der Waals surface area contributed by atoms with Crippen molar-refractivity contribution in [2.75, 3.05) is 7.05 Å². The average Bonchev–Trinajstić information content (AvgIpc) is 2.85. The number of amides is 2. The SMILES string of the molecule is CC(Cc1cccs1)NC1CC(=O)N(C)C1=O. The number of likely N-dealkylation sites (N-methyl/N-ethyl adjacent to an activating group) is 1. The van der Waals surface area contributed by atoms with E-state index in [0.717, 1.165) is 6.42 Å². The molecule has 2 heterocycles. The highest BCUT2D eigenvalue weighted by atomic mass is 32.1. The van der Waals surface area contributed by atoms with E-state index in [1.807, 2.05) is 18.4 Å². The van der Waals surface area contributed by atoms with E-state index in [-0.39, 0.29) is 30.3 Å². The summed E-state index contributed by atoms with van der Waals surface area (Å²) < 4.78 is 0. The normalized spacial score (nSPS) is 22.2. The molecule has 2 rings (SSSR count). The third-order valence-electron chi connectivity index (χ3n) is 2.95. The fourth-order valence-electron chi connectivity index (χ4n) is 2.02. The van der Waals surface area contributed by atoms with Crippen LogP contribution in [0, 0.1) is 0 Å². The second-order valence-corrected chi connectivity index (χ2v) is 5.43. The Morgan fingerprint density at radius 3 is 2.88 bits per heavy atom. The van der Waals surface area contributed by atoms with E-state index in [9.17, 15) is 9.59 Å². The summed E-state index contributed by atoms with van der Waals surface area (Å²) in [6, 6.07) is 3.95. The van der Waals surface area contributed by atoms with Gasteiger partial charge in [-0.15, -0.1) is 11.3 Å². The summed E-state index contributed by atoms with van der Waals surface area (Å²) in [6.07, 6.45) is 1.17. The van der Waals surface area contributed by atoms with Gasteiger partial charge in [-0.25, -0.2) is 0 Å². The second-order valence-electron chi connectivity index (χ2n) is 4.40. The Bertz CT molecular complexity index is 416. The van der Waals surface area contributed by atoms with E-state index in [1.54, 1.807) is 11.3 Å². The summed E-state index contributed by atoms with van der Waals surface area (Å²) in [7, 11) is 1.54. The summed E-state index contributed by atoms with van der Waals surface area (Å²) in [5.41, 5.74) is 0. The molecule has 2 amide bonds. The highest BCUT2D eigenvalue weighted by Gasteiger charge is 2.36. The number of likely N-dealkylation sites (tertiary alicyclic amines) is 1. The van der Waals surface area contributed by atoms with Gasteiger partial charge in [-0.3, -0.25) is 14.5 Å². The molecule has 5 heteroatoms. The van der Waals surface area contributed by atoms with Crippen LogP contribution in [0.5, 0.6) is 0 Å². The number of nitrogens with zero attached hydrogens (tertiary/aromatic N) is 1. The highest BCUT2D eigenvalue weighted by molar-refractivity contribution is 7.09. The van der Waals surface area contributed by atoms with E-state index >= 15 is 0 Å². The van der Waals surface area contributed by atoms with Gasteiger partial charge in [0.15, 0.2) is 0 Å². The van der Waals surface area contributed by atoms with Crippen molar-refractivity contribution in [2.24, 2.45) is 0 Å². The van der Waals surface area contributed by atoms with E-state index in [0.29, 0.717) is 0 Å². The molecule has 1 fully saturated rings. The van der Waals surface area contributed by atoms with Crippen LogP contribution in [0.1, 0.15) is 18.2 Å². The lowest BCUT2D eigenvalue weighted by Crippen LogP contribution is -2.42. The molecule has 17 heavy (non-hydrogen) atoms. The Hall–Kier alpha value is -1.20. The molecule has 0 spiro atoms. The quantitative estimate of drug-likeness (QED) is 0.814. The van der Waals surface area contributed by atoms with Crippen molar-refractivity contribution in [3.63, 3.8) is 0 Å². The maximum atomic E-state index is 11.7. The van der Waals surface area contributed by atoms with Gasteiger partial charge in [0.1, 0.15) is 0 Å². The third kappa shape index (κ3) is 2.73. The molecule has 1 aliphatic heterocycles. The average molecular weight is 252 g/mol. The lowest BCUT2D eigenvalue weighted by molar-refractivity contribution is -0.137. The molecule has 0 bridgehead atoms. The summed E-state index contributed by atoms with van der Waals surface area (Å²) in [4.78, 5) is 25.6. The minimum atomic E-state index is -0.345. The molecule has 4 nitrogen and oxygen atoms in total. The number of hydrogen-bond acceptors (Lipinski definition) is 4. The van der Waals surface area contributed by atoms with Crippen LogP contribution in [-0.4, -0.2) is 35.8 Å². The molecule has 0 radical (unpaired) electrons. The predicted molar refractivity (Wildman–Crippen MR) is 66.8 cm³/mol. The Balaban J connectivity index is 1.89. The molecule has 1 saturated heterocycles. The van der Waals surface area contributed by atoms with Crippen LogP contribution < -0.4 is 5.32 Å². The molecule has 1 aromatic rings. The first kappa shape index (κ1) is 12.3. The van der Waals surface area contributed by atoms with Crippen LogP contribution in [0.4, 0.5) is 0 Å². The monoisotopic (exact) mass is 252 g/mol. The standard InChI is InChI=1S/C12H16N2O2S/c1-8(6-9-4-3-5-17-9)13-10-7-11(15)14(2)12(10)16/h3-5,8,10,13H,6-7H2,1-2H3. The molecular formula is C12H16N2O2S. The van der Waals surface area contributed by atoms with E-state index in [1.165, 1.54) is 16.8 Å². The molecule has 0 aliphatic carbocycles. The van der Waals surface area contributed by atoms with Gasteiger partial charge in [-0.1, -0.05) is 6.07 Å². The second kappa shape index (κ2) is 4.98. The fourth-order valence-corrected chi connectivity index (χ4v) is 2.85. The van der Waals surface area contributed by atoms with Crippen molar-refractivity contribution in [1.29, 1.82) is 0 Å². The number of nitrogens with one attached hydrogen (secondary N) is 1. The van der Waals surface area contributed by atoms with Crippen molar-refractivity contribution in [1.82, 2.24) is 10.2 Å². The smallest absolute Gasteiger partial charge is 0.246 e. The van der Waals surface area contributed by atoms with Crippen molar-refractivity contribution in [3.05, 3.63) is 22.4 Å². The van der Waals surface area contributed by atoms with Crippen molar-refractivity contribution >= 4 is 23.2 Å². The molecule has 1 aliphatic rings. The summed E-state index contributed by atoms with van der Waals surface area (Å²) in [5.74, 6) is -0.219. The molecule has 0 aromatic carbocycles. The number of hydrogen-bond donors (Lipinski definition) is 1. The van der Waals surface area contributed by atoms with Gasteiger partial charge < -0.3 is 5.32 Å². The van der Waals surface area contributed by atoms with Gasteiger partial charge in [0.25, 0.3) is 0 Å². The van der Waals surface area contributed by atoms with Crippen LogP contribution in [0.15, 0.2) is 17.5 Å². The Morgan fingerprint density at radius 2 is 2.35 bits per heavy atom. The largest absolute Gasteiger partial charge is 0.303 e. The van der Waals surface area contributed by atoms with Crippen molar-refractivity contribution < 1.29 is 9.59 Å². The molecule has 2 atom stereocenters. The zero-order valence-corrected chi connectivity index (χ0v) is 10.8. The van der Waals surface area contributed by atoms with Crippen LogP contribution in [-0.2, 0) is 16.0 Å². The predicted octanol–water partition coefficient (Wildman–Crippen LogP) is 1.03. The van der Waals surface area contributed by atoms with Crippen LogP contribution in [0.25, 0.3) is 0 Å². The van der Waals surface area contributed by atoms with Gasteiger partial charge in [0.2, 0.25) is 11.8 Å².